The second-order valence-electron chi connectivity index (χ2n) is 9.34. The smallest absolute Gasteiger partial charge is 0.301 e. The molecule has 0 aliphatic carbocycles. The number of nitrogens with zero attached hydrogens (tertiary/aromatic N) is 4. The number of aliphatic hydroxyl groups excluding tert-OH is 1. The molecular formula is C29H24N4O4S. The van der Waals surface area contributed by atoms with Gasteiger partial charge in [0, 0.05) is 6.20 Å². The first kappa shape index (κ1) is 23.9. The number of aliphatic hydroxyl groups is 1. The Bertz CT molecular complexity index is 1800. The monoisotopic (exact) mass is 524 g/mol. The van der Waals surface area contributed by atoms with Crippen molar-refractivity contribution in [3.05, 3.63) is 94.4 Å². The van der Waals surface area contributed by atoms with Crippen molar-refractivity contribution in [1.82, 2.24) is 14.4 Å². The summed E-state index contributed by atoms with van der Waals surface area (Å²) in [5.41, 5.74) is 4.93. The lowest BCUT2D eigenvalue weighted by atomic mass is 9.96. The van der Waals surface area contributed by atoms with Crippen LogP contribution in [0.25, 0.3) is 21.6 Å². The summed E-state index contributed by atoms with van der Waals surface area (Å²) in [6, 6.07) is 15.9. The zero-order valence-electron chi connectivity index (χ0n) is 21.2. The Kier molecular flexibility index (Phi) is 5.53. The van der Waals surface area contributed by atoms with Crippen LogP contribution in [0.5, 0.6) is 5.75 Å². The van der Waals surface area contributed by atoms with Crippen molar-refractivity contribution in [2.75, 3.05) is 12.0 Å². The molecule has 1 atom stereocenters. The number of ketones is 1. The maximum Gasteiger partial charge on any atom is 0.301 e. The zero-order chi connectivity index (χ0) is 26.7. The van der Waals surface area contributed by atoms with Gasteiger partial charge in [0.05, 0.1) is 34.6 Å². The fraction of sp³-hybridized carbons (Fsp3) is 0.172. The maximum absolute atomic E-state index is 13.6. The standard InChI is InChI=1S/C29H24N4O4S/c1-15-7-12-20-21(14-15)38-29(30-20)33-24(18-8-10-19(37-4)11-9-18)22(26(35)28(33)36)25(34)23-17(3)32-13-5-6-16(2)27(32)31-23/h5-14,24,34H,1-4H3. The summed E-state index contributed by atoms with van der Waals surface area (Å²) in [4.78, 5) is 37.9. The predicted molar refractivity (Wildman–Crippen MR) is 147 cm³/mol. The minimum atomic E-state index is -0.895. The highest BCUT2D eigenvalue weighted by Gasteiger charge is 2.48. The zero-order valence-corrected chi connectivity index (χ0v) is 22.0. The van der Waals surface area contributed by atoms with E-state index < -0.39 is 17.7 Å². The van der Waals surface area contributed by atoms with Crippen LogP contribution in [0.1, 0.15) is 34.1 Å². The predicted octanol–water partition coefficient (Wildman–Crippen LogP) is 5.50. The van der Waals surface area contributed by atoms with Crippen LogP contribution >= 0.6 is 11.3 Å². The van der Waals surface area contributed by atoms with Gasteiger partial charge in [-0.15, -0.1) is 0 Å². The molecule has 1 amide bonds. The minimum absolute atomic E-state index is 0.0280. The normalized spacial score (nSPS) is 17.2. The molecule has 0 spiro atoms. The maximum atomic E-state index is 13.6. The molecule has 0 saturated carbocycles. The molecule has 9 heteroatoms. The van der Waals surface area contributed by atoms with E-state index in [-0.39, 0.29) is 17.0 Å². The van der Waals surface area contributed by atoms with Crippen LogP contribution < -0.4 is 9.64 Å². The number of rotatable bonds is 4. The highest BCUT2D eigenvalue weighted by atomic mass is 32.1. The molecule has 0 bridgehead atoms. The quantitative estimate of drug-likeness (QED) is 0.189. The highest BCUT2D eigenvalue weighted by molar-refractivity contribution is 7.22. The number of hydrogen-bond donors (Lipinski definition) is 1. The van der Waals surface area contributed by atoms with Gasteiger partial charge in [-0.05, 0) is 67.8 Å². The summed E-state index contributed by atoms with van der Waals surface area (Å²) >= 11 is 1.33. The van der Waals surface area contributed by atoms with E-state index in [4.69, 9.17) is 4.74 Å². The van der Waals surface area contributed by atoms with Crippen LogP contribution in [0, 0.1) is 20.8 Å². The first-order valence-corrected chi connectivity index (χ1v) is 12.9. The number of aromatic nitrogens is 3. The lowest BCUT2D eigenvalue weighted by molar-refractivity contribution is -0.132. The molecule has 2 aromatic carbocycles. The van der Waals surface area contributed by atoms with Crippen molar-refractivity contribution in [2.24, 2.45) is 0 Å². The van der Waals surface area contributed by atoms with E-state index in [0.717, 1.165) is 21.3 Å². The number of thiazole rings is 1. The van der Waals surface area contributed by atoms with Crippen molar-refractivity contribution in [1.29, 1.82) is 0 Å². The van der Waals surface area contributed by atoms with E-state index in [9.17, 15) is 14.7 Å². The number of carbonyl (C=O) groups excluding carboxylic acids is 2. The van der Waals surface area contributed by atoms with Crippen LogP contribution in [-0.4, -0.2) is 38.3 Å². The molecule has 0 radical (unpaired) electrons. The van der Waals surface area contributed by atoms with Crippen molar-refractivity contribution >= 4 is 49.8 Å². The number of anilines is 1. The largest absolute Gasteiger partial charge is 0.505 e. The molecule has 1 unspecified atom stereocenters. The van der Waals surface area contributed by atoms with Gasteiger partial charge in [0.25, 0.3) is 5.78 Å². The number of ether oxygens (including phenoxy) is 1. The molecule has 4 heterocycles. The summed E-state index contributed by atoms with van der Waals surface area (Å²) in [6.07, 6.45) is 1.85. The third kappa shape index (κ3) is 3.58. The summed E-state index contributed by atoms with van der Waals surface area (Å²) in [5, 5.41) is 12.0. The molecule has 8 nitrogen and oxygen atoms in total. The SMILES string of the molecule is COc1ccc(C2C(=C(O)c3nc4c(C)cccn4c3C)C(=O)C(=O)N2c2nc3ccc(C)cc3s2)cc1. The first-order valence-electron chi connectivity index (χ1n) is 12.0. The van der Waals surface area contributed by atoms with Gasteiger partial charge >= 0.3 is 5.91 Å². The number of benzene rings is 2. The Hall–Kier alpha value is -4.50. The summed E-state index contributed by atoms with van der Waals surface area (Å²) in [7, 11) is 1.57. The second-order valence-corrected chi connectivity index (χ2v) is 10.3. The summed E-state index contributed by atoms with van der Waals surface area (Å²) < 4.78 is 8.07. The van der Waals surface area contributed by atoms with Crippen molar-refractivity contribution < 1.29 is 19.4 Å². The highest BCUT2D eigenvalue weighted by Crippen LogP contribution is 2.44. The van der Waals surface area contributed by atoms with E-state index in [1.54, 1.807) is 31.4 Å². The Morgan fingerprint density at radius 2 is 1.79 bits per heavy atom. The van der Waals surface area contributed by atoms with Gasteiger partial charge in [0.1, 0.15) is 17.1 Å². The van der Waals surface area contributed by atoms with Crippen LogP contribution in [0.3, 0.4) is 0 Å². The Morgan fingerprint density at radius 1 is 1.03 bits per heavy atom. The topological polar surface area (TPSA) is 97.0 Å². The molecule has 1 aliphatic rings. The number of imidazole rings is 1. The average Bonchev–Trinajstić information content (AvgIpc) is 3.56. The third-order valence-corrected chi connectivity index (χ3v) is 7.94. The summed E-state index contributed by atoms with van der Waals surface area (Å²) in [5.74, 6) is -1.22. The van der Waals surface area contributed by atoms with Crippen LogP contribution in [0.4, 0.5) is 5.13 Å². The molecule has 1 aliphatic heterocycles. The molecule has 5 aromatic rings. The number of carbonyl (C=O) groups is 2. The number of methoxy groups -OCH3 is 1. The molecule has 190 valence electrons. The number of Topliss-reactive ketones (excluding diaryl/α,β-unsaturated/α-hetero) is 1. The third-order valence-electron chi connectivity index (χ3n) is 6.92. The lowest BCUT2D eigenvalue weighted by Gasteiger charge is -2.23. The van der Waals surface area contributed by atoms with E-state index in [1.807, 2.05) is 61.7 Å². The first-order chi connectivity index (χ1) is 18.3. The fourth-order valence-electron chi connectivity index (χ4n) is 4.93. The van der Waals surface area contributed by atoms with Crippen molar-refractivity contribution in [3.63, 3.8) is 0 Å². The molecule has 1 N–H and O–H groups in total. The minimum Gasteiger partial charge on any atom is -0.505 e. The lowest BCUT2D eigenvalue weighted by Crippen LogP contribution is -2.29. The Morgan fingerprint density at radius 3 is 2.50 bits per heavy atom. The molecule has 1 fully saturated rings. The fourth-order valence-corrected chi connectivity index (χ4v) is 6.02. The van der Waals surface area contributed by atoms with Crippen LogP contribution in [0.2, 0.25) is 0 Å². The molecule has 6 rings (SSSR count). The van der Waals surface area contributed by atoms with Crippen molar-refractivity contribution in [3.8, 4) is 5.75 Å². The Labute approximate surface area is 222 Å². The van der Waals surface area contributed by atoms with Gasteiger partial charge in [-0.3, -0.25) is 14.5 Å². The molecule has 1 saturated heterocycles. The molecule has 3 aromatic heterocycles. The van der Waals surface area contributed by atoms with E-state index in [0.29, 0.717) is 27.8 Å². The van der Waals surface area contributed by atoms with E-state index >= 15 is 0 Å². The Balaban J connectivity index is 1.59. The average molecular weight is 525 g/mol. The number of hydrogen-bond acceptors (Lipinski definition) is 7. The van der Waals surface area contributed by atoms with Gasteiger partial charge in [0.2, 0.25) is 0 Å². The van der Waals surface area contributed by atoms with E-state index in [1.165, 1.54) is 16.2 Å². The summed E-state index contributed by atoms with van der Waals surface area (Å²) in [6.45, 7) is 5.74. The number of amides is 1. The molecule has 38 heavy (non-hydrogen) atoms. The van der Waals surface area contributed by atoms with Crippen LogP contribution in [0.15, 0.2) is 66.4 Å². The number of aryl methyl sites for hydroxylation is 3. The number of fused-ring (bicyclic) bond motifs is 2. The van der Waals surface area contributed by atoms with E-state index in [2.05, 4.69) is 9.97 Å². The number of pyridine rings is 1. The molecular weight excluding hydrogens is 500 g/mol. The van der Waals surface area contributed by atoms with Gasteiger partial charge in [0.15, 0.2) is 10.9 Å². The second kappa shape index (κ2) is 8.81. The van der Waals surface area contributed by atoms with Gasteiger partial charge in [-0.25, -0.2) is 9.97 Å². The van der Waals surface area contributed by atoms with Gasteiger partial charge in [-0.1, -0.05) is 35.6 Å². The van der Waals surface area contributed by atoms with Gasteiger partial charge < -0.3 is 14.2 Å². The van der Waals surface area contributed by atoms with Crippen molar-refractivity contribution in [2.45, 2.75) is 26.8 Å². The van der Waals surface area contributed by atoms with Gasteiger partial charge in [-0.2, -0.15) is 0 Å². The van der Waals surface area contributed by atoms with Crippen LogP contribution in [-0.2, 0) is 9.59 Å².